The van der Waals surface area contributed by atoms with Gasteiger partial charge in [0.15, 0.2) is 0 Å². The highest BCUT2D eigenvalue weighted by Crippen LogP contribution is 1.77. The Morgan fingerprint density at radius 2 is 2.43 bits per heavy atom. The predicted octanol–water partition coefficient (Wildman–Crippen LogP) is -0.0696. The van der Waals surface area contributed by atoms with Crippen molar-refractivity contribution in [3.63, 3.8) is 0 Å². The Kier molecular flexibility index (Phi) is 0.997. The van der Waals surface area contributed by atoms with Crippen LogP contribution in [0.4, 0.5) is 0 Å². The van der Waals surface area contributed by atoms with Gasteiger partial charge in [-0.25, -0.2) is 0 Å². The summed E-state index contributed by atoms with van der Waals surface area (Å²) >= 11 is 0. The van der Waals surface area contributed by atoms with E-state index in [4.69, 9.17) is 13.3 Å². The van der Waals surface area contributed by atoms with Crippen LogP contribution in [0.5, 0.6) is 0 Å². The normalized spacial score (nSPS) is 26.6. The summed E-state index contributed by atoms with van der Waals surface area (Å²) in [5.74, 6) is 0. The van der Waals surface area contributed by atoms with E-state index >= 15 is 0 Å². The topological polar surface area (TPSA) is 23.5 Å². The van der Waals surface area contributed by atoms with Crippen molar-refractivity contribution in [3.05, 3.63) is 0 Å². The van der Waals surface area contributed by atoms with Crippen LogP contribution < -0.4 is 0 Å². The van der Waals surface area contributed by atoms with E-state index in [2.05, 4.69) is 0 Å². The molecular weight excluding hydrogens is 90.1 g/mol. The fourth-order valence-corrected chi connectivity index (χ4v) is 0.229. The number of aliphatic hydroxyl groups is 1. The number of nitrogens with zero attached hydrogens (tertiary/aromatic N) is 1. The van der Waals surface area contributed by atoms with Crippen LogP contribution in [-0.4, -0.2) is 37.1 Å². The summed E-state index contributed by atoms with van der Waals surface area (Å²) in [6.07, 6.45) is 0.136. The quantitative estimate of drug-likeness (QED) is 0.548. The average molecular weight is 109 g/mol. The van der Waals surface area contributed by atoms with Gasteiger partial charge < -0.3 is 10.0 Å². The molecule has 0 aromatic rings. The zero-order valence-corrected chi connectivity index (χ0v) is 4.02. The lowest BCUT2D eigenvalue weighted by Gasteiger charge is -2.05. The molecule has 0 radical (unpaired) electrons. The van der Waals surface area contributed by atoms with Crippen LogP contribution in [0.25, 0.3) is 0 Å². The zero-order valence-electron chi connectivity index (χ0n) is 10.0. The van der Waals surface area contributed by atoms with Gasteiger partial charge in [-0.05, 0) is 26.9 Å². The lowest BCUT2D eigenvalue weighted by Crippen LogP contribution is -2.13. The van der Waals surface area contributed by atoms with Gasteiger partial charge in [-0.1, -0.05) is 0 Å². The van der Waals surface area contributed by atoms with E-state index in [9.17, 15) is 0 Å². The van der Waals surface area contributed by atoms with Crippen molar-refractivity contribution in [2.24, 2.45) is 0 Å². The van der Waals surface area contributed by atoms with Gasteiger partial charge in [0.25, 0.3) is 0 Å². The van der Waals surface area contributed by atoms with Gasteiger partial charge in [0.05, 0.1) is 0 Å². The molecule has 0 aromatic carbocycles. The Morgan fingerprint density at radius 3 is 2.86 bits per heavy atom. The summed E-state index contributed by atoms with van der Waals surface area (Å²) in [6.45, 7) is -5.66. The van der Waals surface area contributed by atoms with Gasteiger partial charge in [0.1, 0.15) is 0 Å². The van der Waals surface area contributed by atoms with E-state index in [-0.39, 0.29) is 19.6 Å². The van der Waals surface area contributed by atoms with Crippen LogP contribution in [0.3, 0.4) is 0 Å². The standard InChI is InChI=1S/C5H13NO/c1-6(2)4-3-5-7/h7H,3-5H2,1-2H3/i1D3,2D3. The lowest BCUT2D eigenvalue weighted by atomic mass is 10.4. The highest BCUT2D eigenvalue weighted by molar-refractivity contribution is 4.39. The minimum Gasteiger partial charge on any atom is -0.396 e. The van der Waals surface area contributed by atoms with E-state index in [0.29, 0.717) is 4.90 Å². The highest BCUT2D eigenvalue weighted by atomic mass is 16.3. The molecule has 0 aromatic heterocycles. The van der Waals surface area contributed by atoms with Gasteiger partial charge in [-0.15, -0.1) is 0 Å². The predicted molar refractivity (Wildman–Crippen MR) is 30.3 cm³/mol. The SMILES string of the molecule is [2H]C([2H])([2H])N(CCCO)C([2H])([2H])[2H]. The second-order valence-electron chi connectivity index (χ2n) is 1.23. The number of aliphatic hydroxyl groups excluding tert-OH is 1. The molecule has 0 bridgehead atoms. The Balaban J connectivity index is 4.39. The maximum Gasteiger partial charge on any atom is 0.0443 e. The molecule has 0 aliphatic rings. The third-order valence-electron chi connectivity index (χ3n) is 0.540. The third kappa shape index (κ3) is 5.92. The van der Waals surface area contributed by atoms with E-state index in [0.717, 1.165) is 0 Å². The van der Waals surface area contributed by atoms with Gasteiger partial charge in [-0.2, -0.15) is 0 Å². The summed E-state index contributed by atoms with van der Waals surface area (Å²) in [4.78, 5) is 0.427. The Bertz CT molecular complexity index is 138. The van der Waals surface area contributed by atoms with Crippen LogP contribution in [0.15, 0.2) is 0 Å². The molecule has 44 valence electrons. The molecule has 0 unspecified atom stereocenters. The molecule has 0 saturated carbocycles. The first-order valence-corrected chi connectivity index (χ1v) is 2.08. The number of hydrogen-bond donors (Lipinski definition) is 1. The molecule has 0 heterocycles. The van der Waals surface area contributed by atoms with Gasteiger partial charge in [0, 0.05) is 14.8 Å². The monoisotopic (exact) mass is 109 g/mol. The van der Waals surface area contributed by atoms with E-state index in [1.54, 1.807) is 0 Å². The molecule has 2 heteroatoms. The van der Waals surface area contributed by atoms with Crippen molar-refractivity contribution in [1.29, 1.82) is 0 Å². The van der Waals surface area contributed by atoms with E-state index in [1.165, 1.54) is 0 Å². The highest BCUT2D eigenvalue weighted by Gasteiger charge is 1.84. The van der Waals surface area contributed by atoms with Gasteiger partial charge in [0.2, 0.25) is 0 Å². The smallest absolute Gasteiger partial charge is 0.0443 e. The first-order valence-electron chi connectivity index (χ1n) is 5.08. The van der Waals surface area contributed by atoms with Crippen molar-refractivity contribution < 1.29 is 13.3 Å². The van der Waals surface area contributed by atoms with Crippen LogP contribution in [-0.2, 0) is 0 Å². The van der Waals surface area contributed by atoms with Crippen LogP contribution >= 0.6 is 0 Å². The summed E-state index contributed by atoms with van der Waals surface area (Å²) < 4.78 is 41.6. The van der Waals surface area contributed by atoms with E-state index < -0.39 is 14.0 Å². The van der Waals surface area contributed by atoms with Crippen LogP contribution in [0.1, 0.15) is 14.6 Å². The molecule has 0 aliphatic heterocycles. The molecule has 1 N–H and O–H groups in total. The summed E-state index contributed by atoms with van der Waals surface area (Å²) in [5, 5.41) is 8.45. The Morgan fingerprint density at radius 1 is 1.71 bits per heavy atom. The van der Waals surface area contributed by atoms with E-state index in [1.807, 2.05) is 0 Å². The van der Waals surface area contributed by atoms with Crippen molar-refractivity contribution in [2.75, 3.05) is 27.1 Å². The maximum absolute atomic E-state index is 8.45. The summed E-state index contributed by atoms with van der Waals surface area (Å²) in [6, 6.07) is 0. The molecule has 0 aliphatic carbocycles. The average Bonchev–Trinajstić information content (AvgIpc) is 1.81. The molecule has 0 rings (SSSR count). The fourth-order valence-electron chi connectivity index (χ4n) is 0.229. The second kappa shape index (κ2) is 4.09. The zero-order chi connectivity index (χ0) is 10.7. The Labute approximate surface area is 53.2 Å². The van der Waals surface area contributed by atoms with Crippen molar-refractivity contribution >= 4 is 0 Å². The minimum absolute atomic E-state index is 0.136. The third-order valence-corrected chi connectivity index (χ3v) is 0.540. The number of rotatable bonds is 3. The van der Waals surface area contributed by atoms with Crippen molar-refractivity contribution in [2.45, 2.75) is 6.42 Å². The molecule has 0 fully saturated rings. The number of hydrogen-bond acceptors (Lipinski definition) is 2. The van der Waals surface area contributed by atoms with Crippen molar-refractivity contribution in [3.8, 4) is 0 Å². The summed E-state index contributed by atoms with van der Waals surface area (Å²) in [7, 11) is 0. The molecule has 7 heavy (non-hydrogen) atoms. The molecule has 0 amide bonds. The lowest BCUT2D eigenvalue weighted by molar-refractivity contribution is 0.263. The second-order valence-corrected chi connectivity index (χ2v) is 1.23. The maximum atomic E-state index is 8.45. The molecular formula is C5H13NO. The molecule has 2 nitrogen and oxygen atoms in total. The first kappa shape index (κ1) is 1.71. The molecule has 0 saturated heterocycles. The van der Waals surface area contributed by atoms with Crippen LogP contribution in [0, 0.1) is 0 Å². The van der Waals surface area contributed by atoms with Gasteiger partial charge >= 0.3 is 0 Å². The minimum atomic E-state index is -2.64. The first-order chi connectivity index (χ1) is 5.69. The molecule has 0 atom stereocenters. The summed E-state index contributed by atoms with van der Waals surface area (Å²) in [5.41, 5.74) is 0. The largest absolute Gasteiger partial charge is 0.396 e. The Hall–Kier alpha value is -0.0800. The van der Waals surface area contributed by atoms with Crippen molar-refractivity contribution in [1.82, 2.24) is 4.90 Å². The fraction of sp³-hybridized carbons (Fsp3) is 1.00. The molecule has 0 spiro atoms. The van der Waals surface area contributed by atoms with Crippen LogP contribution in [0.2, 0.25) is 0 Å². The van der Waals surface area contributed by atoms with Gasteiger partial charge in [-0.3, -0.25) is 0 Å².